The van der Waals surface area contributed by atoms with Crippen LogP contribution in [0.5, 0.6) is 0 Å². The molecule has 2 aromatic rings. The van der Waals surface area contributed by atoms with E-state index in [1.807, 2.05) is 6.07 Å². The molecule has 1 N–H and O–H groups in total. The molecule has 0 saturated carbocycles. The van der Waals surface area contributed by atoms with Crippen LogP contribution in [0.1, 0.15) is 36.1 Å². The zero-order valence-electron chi connectivity index (χ0n) is 12.1. The highest BCUT2D eigenvalue weighted by Gasteiger charge is 2.20. The summed E-state index contributed by atoms with van der Waals surface area (Å²) in [4.78, 5) is 0. The minimum atomic E-state index is -0.167. The zero-order valence-corrected chi connectivity index (χ0v) is 13.7. The van der Waals surface area contributed by atoms with Crippen molar-refractivity contribution in [2.45, 2.75) is 38.3 Å². The maximum absolute atomic E-state index is 13.3. The second-order valence-electron chi connectivity index (χ2n) is 5.80. The summed E-state index contributed by atoms with van der Waals surface area (Å²) in [7, 11) is 0. The van der Waals surface area contributed by atoms with Crippen LogP contribution in [-0.4, -0.2) is 6.04 Å². The van der Waals surface area contributed by atoms with E-state index in [1.165, 1.54) is 17.2 Å². The molecule has 0 aromatic heterocycles. The maximum Gasteiger partial charge on any atom is 0.123 e. The lowest BCUT2D eigenvalue weighted by molar-refractivity contribution is 0.413. The van der Waals surface area contributed by atoms with E-state index in [4.69, 9.17) is 0 Å². The maximum atomic E-state index is 13.3. The molecule has 2 atom stereocenters. The Bertz CT molecular complexity index is 641. The van der Waals surface area contributed by atoms with E-state index in [1.54, 1.807) is 12.1 Å². The first kappa shape index (κ1) is 14.7. The predicted octanol–water partition coefficient (Wildman–Crippen LogP) is 4.80. The highest BCUT2D eigenvalue weighted by molar-refractivity contribution is 9.10. The van der Waals surface area contributed by atoms with Gasteiger partial charge in [-0.1, -0.05) is 34.1 Å². The smallest absolute Gasteiger partial charge is 0.123 e. The number of rotatable bonds is 3. The van der Waals surface area contributed by atoms with Gasteiger partial charge in [0.05, 0.1) is 0 Å². The molecule has 1 aliphatic rings. The van der Waals surface area contributed by atoms with Crippen molar-refractivity contribution in [3.05, 3.63) is 69.4 Å². The first-order valence-corrected chi connectivity index (χ1v) is 8.20. The van der Waals surface area contributed by atoms with Crippen LogP contribution in [-0.2, 0) is 12.8 Å². The molecular weight excluding hydrogens is 329 g/mol. The summed E-state index contributed by atoms with van der Waals surface area (Å²) in [5, 5.41) is 3.64. The molecule has 3 heteroatoms. The summed E-state index contributed by atoms with van der Waals surface area (Å²) in [5.74, 6) is -0.167. The fourth-order valence-corrected chi connectivity index (χ4v) is 3.50. The van der Waals surface area contributed by atoms with Gasteiger partial charge in [0.2, 0.25) is 0 Å². The second kappa shape index (κ2) is 6.29. The fourth-order valence-electron chi connectivity index (χ4n) is 3.09. The number of nitrogens with one attached hydrogen (secondary N) is 1. The van der Waals surface area contributed by atoms with Gasteiger partial charge in [-0.3, -0.25) is 0 Å². The Kier molecular flexibility index (Phi) is 4.41. The molecule has 1 unspecified atom stereocenters. The summed E-state index contributed by atoms with van der Waals surface area (Å²) >= 11 is 3.53. The minimum Gasteiger partial charge on any atom is -0.307 e. The number of halogens is 2. The van der Waals surface area contributed by atoms with Gasteiger partial charge in [0.1, 0.15) is 5.82 Å². The molecule has 110 valence electrons. The Morgan fingerprint density at radius 1 is 1.19 bits per heavy atom. The number of aryl methyl sites for hydroxylation is 1. The average Bonchev–Trinajstić information content (AvgIpc) is 2.47. The van der Waals surface area contributed by atoms with Gasteiger partial charge in [0.15, 0.2) is 0 Å². The van der Waals surface area contributed by atoms with Crippen molar-refractivity contribution in [2.75, 3.05) is 0 Å². The third kappa shape index (κ3) is 3.53. The van der Waals surface area contributed by atoms with Crippen LogP contribution in [0.2, 0.25) is 0 Å². The first-order valence-electron chi connectivity index (χ1n) is 7.40. The number of hydrogen-bond donors (Lipinski definition) is 1. The van der Waals surface area contributed by atoms with Crippen molar-refractivity contribution in [1.82, 2.24) is 5.32 Å². The van der Waals surface area contributed by atoms with Crippen LogP contribution in [0.3, 0.4) is 0 Å². The lowest BCUT2D eigenvalue weighted by Crippen LogP contribution is -2.36. The highest BCUT2D eigenvalue weighted by Crippen LogP contribution is 2.26. The van der Waals surface area contributed by atoms with Crippen LogP contribution < -0.4 is 5.32 Å². The lowest BCUT2D eigenvalue weighted by Gasteiger charge is -2.29. The SMILES string of the molecule is C[C@@H](NC1CCc2cc(Br)ccc2C1)c1cccc(F)c1. The Morgan fingerprint density at radius 2 is 2.05 bits per heavy atom. The van der Waals surface area contributed by atoms with Gasteiger partial charge >= 0.3 is 0 Å². The zero-order chi connectivity index (χ0) is 14.8. The molecule has 0 saturated heterocycles. The van der Waals surface area contributed by atoms with Crippen molar-refractivity contribution >= 4 is 15.9 Å². The van der Waals surface area contributed by atoms with Gasteiger partial charge < -0.3 is 5.32 Å². The van der Waals surface area contributed by atoms with Gasteiger partial charge in [-0.25, -0.2) is 4.39 Å². The topological polar surface area (TPSA) is 12.0 Å². The van der Waals surface area contributed by atoms with E-state index >= 15 is 0 Å². The highest BCUT2D eigenvalue weighted by atomic mass is 79.9. The fraction of sp³-hybridized carbons (Fsp3) is 0.333. The largest absolute Gasteiger partial charge is 0.307 e. The molecule has 0 radical (unpaired) electrons. The molecule has 0 bridgehead atoms. The van der Waals surface area contributed by atoms with Gasteiger partial charge in [0.25, 0.3) is 0 Å². The van der Waals surface area contributed by atoms with Crippen LogP contribution in [0.15, 0.2) is 46.9 Å². The Hall–Kier alpha value is -1.19. The molecular formula is C18H19BrFN. The monoisotopic (exact) mass is 347 g/mol. The normalized spacial score (nSPS) is 19.1. The summed E-state index contributed by atoms with van der Waals surface area (Å²) in [5.41, 5.74) is 3.88. The standard InChI is InChI=1S/C18H19BrFN/c1-12(13-3-2-4-17(20)10-13)21-18-8-6-14-9-16(19)7-5-15(14)11-18/h2-5,7,9-10,12,18,21H,6,8,11H2,1H3/t12-,18?/m1/s1. The van der Waals surface area contributed by atoms with E-state index in [-0.39, 0.29) is 11.9 Å². The van der Waals surface area contributed by atoms with E-state index < -0.39 is 0 Å². The number of fused-ring (bicyclic) bond motifs is 1. The molecule has 3 rings (SSSR count). The Balaban J connectivity index is 1.68. The molecule has 21 heavy (non-hydrogen) atoms. The second-order valence-corrected chi connectivity index (χ2v) is 6.71. The molecule has 0 amide bonds. The molecule has 0 aliphatic heterocycles. The Labute approximate surface area is 133 Å². The van der Waals surface area contributed by atoms with Gasteiger partial charge in [-0.2, -0.15) is 0 Å². The molecule has 0 fully saturated rings. The van der Waals surface area contributed by atoms with Crippen molar-refractivity contribution in [1.29, 1.82) is 0 Å². The number of benzene rings is 2. The molecule has 2 aromatic carbocycles. The molecule has 1 aliphatic carbocycles. The third-order valence-electron chi connectivity index (χ3n) is 4.23. The average molecular weight is 348 g/mol. The minimum absolute atomic E-state index is 0.167. The number of hydrogen-bond acceptors (Lipinski definition) is 1. The molecule has 0 spiro atoms. The van der Waals surface area contributed by atoms with Crippen molar-refractivity contribution in [3.63, 3.8) is 0 Å². The summed E-state index contributed by atoms with van der Waals surface area (Å²) in [6, 6.07) is 14.0. The van der Waals surface area contributed by atoms with E-state index in [2.05, 4.69) is 46.4 Å². The van der Waals surface area contributed by atoms with E-state index in [0.717, 1.165) is 29.3 Å². The van der Waals surface area contributed by atoms with Crippen LogP contribution in [0.25, 0.3) is 0 Å². The summed E-state index contributed by atoms with van der Waals surface area (Å²) < 4.78 is 14.5. The van der Waals surface area contributed by atoms with Crippen molar-refractivity contribution < 1.29 is 4.39 Å². The van der Waals surface area contributed by atoms with Gasteiger partial charge in [0, 0.05) is 16.6 Å². The first-order chi connectivity index (χ1) is 10.1. The van der Waals surface area contributed by atoms with Crippen LogP contribution >= 0.6 is 15.9 Å². The van der Waals surface area contributed by atoms with Gasteiger partial charge in [-0.05, 0) is 67.1 Å². The van der Waals surface area contributed by atoms with Crippen molar-refractivity contribution in [2.24, 2.45) is 0 Å². The van der Waals surface area contributed by atoms with Crippen LogP contribution in [0.4, 0.5) is 4.39 Å². The van der Waals surface area contributed by atoms with E-state index in [0.29, 0.717) is 6.04 Å². The molecule has 1 nitrogen and oxygen atoms in total. The van der Waals surface area contributed by atoms with E-state index in [9.17, 15) is 4.39 Å². The predicted molar refractivity (Wildman–Crippen MR) is 87.9 cm³/mol. The Morgan fingerprint density at radius 3 is 2.86 bits per heavy atom. The summed E-state index contributed by atoms with van der Waals surface area (Å²) in [6.45, 7) is 2.10. The van der Waals surface area contributed by atoms with Gasteiger partial charge in [-0.15, -0.1) is 0 Å². The van der Waals surface area contributed by atoms with Crippen molar-refractivity contribution in [3.8, 4) is 0 Å². The third-order valence-corrected chi connectivity index (χ3v) is 4.72. The van der Waals surface area contributed by atoms with Crippen LogP contribution in [0, 0.1) is 5.82 Å². The summed E-state index contributed by atoms with van der Waals surface area (Å²) in [6.07, 6.45) is 3.27. The lowest BCUT2D eigenvalue weighted by atomic mass is 9.88. The quantitative estimate of drug-likeness (QED) is 0.841. The molecule has 0 heterocycles.